The third-order valence-electron chi connectivity index (χ3n) is 9.38. The molecule has 8 atom stereocenters. The van der Waals surface area contributed by atoms with Crippen molar-refractivity contribution in [2.24, 2.45) is 5.92 Å². The molecule has 2 unspecified atom stereocenters. The number of carboxylic acid groups (broad SMARTS) is 1. The maximum atomic E-state index is 13.1. The number of amides is 3. The fourth-order valence-electron chi connectivity index (χ4n) is 6.64. The van der Waals surface area contributed by atoms with Crippen molar-refractivity contribution >= 4 is 23.7 Å². The lowest BCUT2D eigenvalue weighted by molar-refractivity contribution is -0.226. The maximum Gasteiger partial charge on any atom is 0.336 e. The number of hydrogen-bond donors (Lipinski definition) is 7. The Morgan fingerprint density at radius 2 is 1.60 bits per heavy atom. The molecule has 0 saturated carbocycles. The quantitative estimate of drug-likeness (QED) is 0.201. The highest BCUT2D eigenvalue weighted by molar-refractivity contribution is 5.95. The zero-order valence-corrected chi connectivity index (χ0v) is 30.0. The summed E-state index contributed by atoms with van der Waals surface area (Å²) in [5.74, 6) is -2.37. The molecule has 52 heavy (non-hydrogen) atoms. The van der Waals surface area contributed by atoms with Gasteiger partial charge in [-0.15, -0.1) is 0 Å². The summed E-state index contributed by atoms with van der Waals surface area (Å²) in [4.78, 5) is 50.7. The smallest absolute Gasteiger partial charge is 0.336 e. The number of carbonyl (C=O) groups is 4. The molecule has 290 valence electrons. The van der Waals surface area contributed by atoms with Crippen molar-refractivity contribution in [3.8, 4) is 5.75 Å². The van der Waals surface area contributed by atoms with Crippen molar-refractivity contribution in [3.05, 3.63) is 41.0 Å². The van der Waals surface area contributed by atoms with Gasteiger partial charge in [-0.3, -0.25) is 14.4 Å². The first-order valence-electron chi connectivity index (χ1n) is 17.7. The monoisotopic (exact) mass is 735 g/mol. The van der Waals surface area contributed by atoms with Gasteiger partial charge >= 0.3 is 5.97 Å². The van der Waals surface area contributed by atoms with E-state index in [0.29, 0.717) is 49.7 Å². The van der Waals surface area contributed by atoms with Crippen LogP contribution >= 0.6 is 0 Å². The first-order valence-corrected chi connectivity index (χ1v) is 17.7. The summed E-state index contributed by atoms with van der Waals surface area (Å²) < 4.78 is 29.1. The molecule has 3 amide bonds. The first-order chi connectivity index (χ1) is 24.8. The average molecular weight is 736 g/mol. The molecule has 0 radical (unpaired) electrons. The highest BCUT2D eigenvalue weighted by Crippen LogP contribution is 2.35. The van der Waals surface area contributed by atoms with Gasteiger partial charge in [0, 0.05) is 51.5 Å². The molecule has 4 bridgehead atoms. The van der Waals surface area contributed by atoms with Crippen LogP contribution in [0.25, 0.3) is 0 Å². The Morgan fingerprint density at radius 1 is 0.904 bits per heavy atom. The van der Waals surface area contributed by atoms with E-state index in [0.717, 1.165) is 12.8 Å². The molecule has 0 aliphatic carbocycles. The molecule has 4 aliphatic rings. The number of carboxylic acids is 1. The van der Waals surface area contributed by atoms with Crippen LogP contribution in [0.5, 0.6) is 5.75 Å². The van der Waals surface area contributed by atoms with Crippen molar-refractivity contribution in [1.29, 1.82) is 0 Å². The van der Waals surface area contributed by atoms with Gasteiger partial charge in [-0.05, 0) is 49.9 Å². The van der Waals surface area contributed by atoms with E-state index < -0.39 is 72.8 Å². The Bertz CT molecular complexity index is 1390. The summed E-state index contributed by atoms with van der Waals surface area (Å²) >= 11 is 0. The van der Waals surface area contributed by atoms with E-state index in [1.54, 1.807) is 32.1 Å². The van der Waals surface area contributed by atoms with Crippen LogP contribution in [-0.4, -0.2) is 139 Å². The molecule has 4 heterocycles. The second-order valence-electron chi connectivity index (χ2n) is 13.7. The van der Waals surface area contributed by atoms with Gasteiger partial charge in [-0.2, -0.15) is 0 Å². The molecule has 2 saturated heterocycles. The summed E-state index contributed by atoms with van der Waals surface area (Å²) in [7, 11) is 0. The Kier molecular flexibility index (Phi) is 15.4. The normalized spacial score (nSPS) is 32.2. The topological polar surface area (TPSA) is 231 Å². The summed E-state index contributed by atoms with van der Waals surface area (Å²) in [5.41, 5.74) is -0.364. The van der Waals surface area contributed by atoms with Crippen molar-refractivity contribution in [1.82, 2.24) is 16.0 Å². The third-order valence-corrected chi connectivity index (χ3v) is 9.38. The van der Waals surface area contributed by atoms with E-state index in [4.69, 9.17) is 23.7 Å². The molecule has 16 nitrogen and oxygen atoms in total. The zero-order chi connectivity index (χ0) is 37.8. The van der Waals surface area contributed by atoms with E-state index >= 15 is 0 Å². The SMILES string of the molecule is CC(=O)N[C@H]1C2O[C@](C(=O)O)(C/C=C/COCC(NC(=O)[C@@H]3CCCOC3)COCCCOc3c(C)cc(cc3C)C(=O)NC[C@@H](O)[C@H]2O)C[C@@H]1O. The van der Waals surface area contributed by atoms with E-state index in [-0.39, 0.29) is 43.6 Å². The van der Waals surface area contributed by atoms with Crippen molar-refractivity contribution in [2.75, 3.05) is 52.8 Å². The lowest BCUT2D eigenvalue weighted by Crippen LogP contribution is -2.67. The lowest BCUT2D eigenvalue weighted by atomic mass is 9.81. The number of rotatable bonds is 4. The molecule has 1 aromatic rings. The van der Waals surface area contributed by atoms with Crippen LogP contribution in [0.3, 0.4) is 0 Å². The van der Waals surface area contributed by atoms with Crippen LogP contribution in [0.15, 0.2) is 24.3 Å². The van der Waals surface area contributed by atoms with E-state index in [1.165, 1.54) is 13.0 Å². The molecule has 4 aliphatic heterocycles. The van der Waals surface area contributed by atoms with Gasteiger partial charge in [0.05, 0.1) is 63.2 Å². The van der Waals surface area contributed by atoms with Crippen molar-refractivity contribution in [3.63, 3.8) is 0 Å². The number of aryl methyl sites for hydroxylation is 2. The number of aliphatic carboxylic acids is 1. The van der Waals surface area contributed by atoms with E-state index in [9.17, 15) is 39.6 Å². The van der Waals surface area contributed by atoms with Crippen LogP contribution in [-0.2, 0) is 33.3 Å². The second kappa shape index (κ2) is 19.4. The zero-order valence-electron chi connectivity index (χ0n) is 30.0. The summed E-state index contributed by atoms with van der Waals surface area (Å²) in [6.07, 6.45) is -2.13. The lowest BCUT2D eigenvalue weighted by Gasteiger charge is -2.47. The molecule has 16 heteroatoms. The number of fused-ring (bicyclic) bond motifs is 17. The molecule has 0 spiro atoms. The number of nitrogens with one attached hydrogen (secondary N) is 3. The molecular formula is C36H53N3O13. The summed E-state index contributed by atoms with van der Waals surface area (Å²) in [6, 6.07) is 1.51. The molecular weight excluding hydrogens is 682 g/mol. The summed E-state index contributed by atoms with van der Waals surface area (Å²) in [5, 5.41) is 51.6. The Balaban J connectivity index is 1.56. The van der Waals surface area contributed by atoms with E-state index in [1.807, 2.05) is 0 Å². The van der Waals surface area contributed by atoms with Crippen LogP contribution in [0, 0.1) is 19.8 Å². The molecule has 7 N–H and O–H groups in total. The minimum atomic E-state index is -2.04. The minimum Gasteiger partial charge on any atom is -0.493 e. The predicted octanol–water partition coefficient (Wildman–Crippen LogP) is -0.0937. The standard InChI is InChI=1S/C36H53N3O13/c1-21-14-25-15-22(2)31(21)51-13-7-12-50-20-26(39-34(45)24-8-6-11-48-18-24)19-49-10-5-4-9-36(35(46)47)16-27(41)29(38-23(3)40)32(52-36)30(43)28(42)17-37-33(25)44/h4-5,14-15,24,26-30,32,41-43H,6-13,16-20H2,1-3H3,(H,37,44)(H,38,40)(H,39,45)(H,46,47)/b5-4+/t24-,26?,27+,28-,29-,30-,32?,36-/m1/s1. The summed E-state index contributed by atoms with van der Waals surface area (Å²) in [6.45, 7) is 6.29. The largest absolute Gasteiger partial charge is 0.493 e. The number of carbonyl (C=O) groups excluding carboxylic acids is 3. The number of hydrogen-bond acceptors (Lipinski definition) is 12. The van der Waals surface area contributed by atoms with Crippen molar-refractivity contribution in [2.45, 2.75) is 95.0 Å². The van der Waals surface area contributed by atoms with Crippen molar-refractivity contribution < 1.29 is 63.3 Å². The highest BCUT2D eigenvalue weighted by Gasteiger charge is 2.54. The fourth-order valence-corrected chi connectivity index (χ4v) is 6.64. The van der Waals surface area contributed by atoms with Crippen LogP contribution in [0.1, 0.15) is 60.5 Å². The minimum absolute atomic E-state index is 0.0430. The van der Waals surface area contributed by atoms with E-state index in [2.05, 4.69) is 16.0 Å². The van der Waals surface area contributed by atoms with Crippen LogP contribution < -0.4 is 20.7 Å². The van der Waals surface area contributed by atoms with Gasteiger partial charge in [-0.1, -0.05) is 12.2 Å². The average Bonchev–Trinajstić information content (AvgIpc) is 3.10. The molecule has 1 aromatic carbocycles. The third kappa shape index (κ3) is 11.2. The number of ether oxygens (including phenoxy) is 5. The number of aliphatic hydroxyl groups excluding tert-OH is 3. The van der Waals surface area contributed by atoms with Gasteiger partial charge < -0.3 is 60.1 Å². The van der Waals surface area contributed by atoms with Gasteiger partial charge in [-0.25, -0.2) is 4.79 Å². The molecule has 0 aromatic heterocycles. The first kappa shape index (κ1) is 41.1. The highest BCUT2D eigenvalue weighted by atomic mass is 16.6. The van der Waals surface area contributed by atoms with Gasteiger partial charge in [0.25, 0.3) is 5.91 Å². The maximum absolute atomic E-state index is 13.1. The molecule has 5 rings (SSSR count). The predicted molar refractivity (Wildman–Crippen MR) is 185 cm³/mol. The fraction of sp³-hybridized carbons (Fsp3) is 0.667. The van der Waals surface area contributed by atoms with Gasteiger partial charge in [0.2, 0.25) is 11.8 Å². The second-order valence-corrected chi connectivity index (χ2v) is 13.7. The van der Waals surface area contributed by atoms with Gasteiger partial charge in [0.1, 0.15) is 18.0 Å². The molecule has 2 fully saturated rings. The number of aliphatic hydroxyl groups is 3. The Hall–Kier alpha value is -3.64. The number of benzene rings is 1. The van der Waals surface area contributed by atoms with Crippen LogP contribution in [0.4, 0.5) is 0 Å². The van der Waals surface area contributed by atoms with Crippen LogP contribution in [0.2, 0.25) is 0 Å². The Morgan fingerprint density at radius 3 is 2.27 bits per heavy atom. The Labute approximate surface area is 303 Å². The van der Waals surface area contributed by atoms with Gasteiger partial charge in [0.15, 0.2) is 5.60 Å².